The maximum Gasteiger partial charge on any atom is 0.0195 e. The highest BCUT2D eigenvalue weighted by Crippen LogP contribution is 2.30. The second kappa shape index (κ2) is 4.89. The van der Waals surface area contributed by atoms with Gasteiger partial charge in [0.15, 0.2) is 0 Å². The summed E-state index contributed by atoms with van der Waals surface area (Å²) in [6.07, 6.45) is 6.45. The molecule has 92 valence electrons. The van der Waals surface area contributed by atoms with Crippen LogP contribution in [-0.4, -0.2) is 37.1 Å². The van der Waals surface area contributed by atoms with E-state index in [1.54, 1.807) is 5.57 Å². The molecule has 0 bridgehead atoms. The Morgan fingerprint density at radius 2 is 2.25 bits per heavy atom. The highest BCUT2D eigenvalue weighted by atomic mass is 15.2. The van der Waals surface area contributed by atoms with E-state index in [0.717, 1.165) is 12.6 Å². The van der Waals surface area contributed by atoms with Gasteiger partial charge in [0.25, 0.3) is 0 Å². The van der Waals surface area contributed by atoms with Gasteiger partial charge < -0.3 is 5.32 Å². The summed E-state index contributed by atoms with van der Waals surface area (Å²) in [4.78, 5) is 2.60. The minimum absolute atomic E-state index is 0.373. The van der Waals surface area contributed by atoms with Gasteiger partial charge in [-0.2, -0.15) is 0 Å². The number of hydrogen-bond donors (Lipinski definition) is 1. The largest absolute Gasteiger partial charge is 0.313 e. The third-order valence-electron chi connectivity index (χ3n) is 3.90. The summed E-state index contributed by atoms with van der Waals surface area (Å²) in [6, 6.07) is 0.754. The first-order valence-electron chi connectivity index (χ1n) is 6.71. The standard InChI is InChI=1S/C14H26N2/c1-14(2,3)12-6-9-16(10-7-12)11-13-5-4-8-15-13/h6,13,15H,4-5,7-11H2,1-3H3. The van der Waals surface area contributed by atoms with Crippen LogP contribution in [0, 0.1) is 5.41 Å². The van der Waals surface area contributed by atoms with Crippen LogP contribution in [0.25, 0.3) is 0 Å². The molecule has 0 saturated carbocycles. The fraction of sp³-hybridized carbons (Fsp3) is 0.857. The molecule has 2 aliphatic rings. The van der Waals surface area contributed by atoms with E-state index in [0.29, 0.717) is 5.41 Å². The zero-order valence-corrected chi connectivity index (χ0v) is 11.1. The van der Waals surface area contributed by atoms with Gasteiger partial charge in [-0.1, -0.05) is 32.4 Å². The lowest BCUT2D eigenvalue weighted by atomic mass is 9.83. The zero-order valence-electron chi connectivity index (χ0n) is 11.1. The lowest BCUT2D eigenvalue weighted by molar-refractivity contribution is 0.255. The van der Waals surface area contributed by atoms with Gasteiger partial charge in [0.1, 0.15) is 0 Å². The van der Waals surface area contributed by atoms with E-state index < -0.39 is 0 Å². The molecule has 1 saturated heterocycles. The molecule has 2 rings (SSSR count). The highest BCUT2D eigenvalue weighted by molar-refractivity contribution is 5.14. The minimum Gasteiger partial charge on any atom is -0.313 e. The zero-order chi connectivity index (χ0) is 11.6. The molecule has 0 amide bonds. The molecule has 1 N–H and O–H groups in total. The monoisotopic (exact) mass is 222 g/mol. The molecule has 16 heavy (non-hydrogen) atoms. The third kappa shape index (κ3) is 3.08. The summed E-state index contributed by atoms with van der Waals surface area (Å²) >= 11 is 0. The molecule has 1 unspecified atom stereocenters. The van der Waals surface area contributed by atoms with Crippen LogP contribution in [0.2, 0.25) is 0 Å². The van der Waals surface area contributed by atoms with E-state index in [4.69, 9.17) is 0 Å². The van der Waals surface area contributed by atoms with Gasteiger partial charge in [-0.25, -0.2) is 0 Å². The van der Waals surface area contributed by atoms with Gasteiger partial charge in [-0.15, -0.1) is 0 Å². The van der Waals surface area contributed by atoms with Gasteiger partial charge in [0, 0.05) is 25.7 Å². The number of nitrogens with zero attached hydrogens (tertiary/aromatic N) is 1. The lowest BCUT2D eigenvalue weighted by Crippen LogP contribution is -2.40. The van der Waals surface area contributed by atoms with Crippen molar-refractivity contribution in [2.24, 2.45) is 5.41 Å². The predicted octanol–water partition coefficient (Wildman–Crippen LogP) is 2.42. The van der Waals surface area contributed by atoms with Crippen molar-refractivity contribution < 1.29 is 0 Å². The molecule has 2 nitrogen and oxygen atoms in total. The quantitative estimate of drug-likeness (QED) is 0.722. The molecular formula is C14H26N2. The third-order valence-corrected chi connectivity index (χ3v) is 3.90. The highest BCUT2D eigenvalue weighted by Gasteiger charge is 2.23. The number of nitrogens with one attached hydrogen (secondary N) is 1. The first-order chi connectivity index (χ1) is 7.55. The van der Waals surface area contributed by atoms with Crippen molar-refractivity contribution in [2.45, 2.75) is 46.1 Å². The maximum absolute atomic E-state index is 3.58. The molecule has 1 fully saturated rings. The van der Waals surface area contributed by atoms with Crippen LogP contribution in [0.15, 0.2) is 11.6 Å². The van der Waals surface area contributed by atoms with Crippen LogP contribution in [0.5, 0.6) is 0 Å². The lowest BCUT2D eigenvalue weighted by Gasteiger charge is -2.33. The molecule has 1 atom stereocenters. The summed E-state index contributed by atoms with van der Waals surface area (Å²) in [6.45, 7) is 11.9. The predicted molar refractivity (Wildman–Crippen MR) is 69.6 cm³/mol. The molecule has 0 aliphatic carbocycles. The Bertz CT molecular complexity index is 256. The molecular weight excluding hydrogens is 196 g/mol. The fourth-order valence-electron chi connectivity index (χ4n) is 2.78. The number of rotatable bonds is 2. The summed E-state index contributed by atoms with van der Waals surface area (Å²) in [5, 5.41) is 3.58. The average molecular weight is 222 g/mol. The average Bonchev–Trinajstić information content (AvgIpc) is 2.70. The Morgan fingerprint density at radius 3 is 2.75 bits per heavy atom. The van der Waals surface area contributed by atoms with Crippen LogP contribution in [-0.2, 0) is 0 Å². The van der Waals surface area contributed by atoms with Gasteiger partial charge in [-0.3, -0.25) is 4.90 Å². The van der Waals surface area contributed by atoms with Crippen molar-refractivity contribution in [3.8, 4) is 0 Å². The van der Waals surface area contributed by atoms with Gasteiger partial charge in [0.2, 0.25) is 0 Å². The van der Waals surface area contributed by atoms with Gasteiger partial charge >= 0.3 is 0 Å². The van der Waals surface area contributed by atoms with E-state index in [1.165, 1.54) is 38.9 Å². The molecule has 0 radical (unpaired) electrons. The van der Waals surface area contributed by atoms with Gasteiger partial charge in [0.05, 0.1) is 0 Å². The van der Waals surface area contributed by atoms with E-state index >= 15 is 0 Å². The second-order valence-electron chi connectivity index (χ2n) is 6.28. The summed E-state index contributed by atoms with van der Waals surface area (Å²) in [5.74, 6) is 0. The van der Waals surface area contributed by atoms with Crippen molar-refractivity contribution in [1.82, 2.24) is 10.2 Å². The van der Waals surface area contributed by atoms with Crippen LogP contribution in [0.4, 0.5) is 0 Å². The van der Waals surface area contributed by atoms with Crippen molar-refractivity contribution in [3.05, 3.63) is 11.6 Å². The van der Waals surface area contributed by atoms with Crippen molar-refractivity contribution in [2.75, 3.05) is 26.2 Å². The number of hydrogen-bond acceptors (Lipinski definition) is 2. The Labute approximate surface area is 100 Å². The van der Waals surface area contributed by atoms with Crippen molar-refractivity contribution in [3.63, 3.8) is 0 Å². The molecule has 0 aromatic carbocycles. The Balaban J connectivity index is 1.82. The normalized spacial score (nSPS) is 28.2. The first-order valence-corrected chi connectivity index (χ1v) is 6.71. The summed E-state index contributed by atoms with van der Waals surface area (Å²) in [5.41, 5.74) is 2.01. The van der Waals surface area contributed by atoms with Crippen LogP contribution in [0.3, 0.4) is 0 Å². The van der Waals surface area contributed by atoms with E-state index in [1.807, 2.05) is 0 Å². The van der Waals surface area contributed by atoms with E-state index in [2.05, 4.69) is 37.1 Å². The minimum atomic E-state index is 0.373. The summed E-state index contributed by atoms with van der Waals surface area (Å²) in [7, 11) is 0. The molecule has 2 heteroatoms. The summed E-state index contributed by atoms with van der Waals surface area (Å²) < 4.78 is 0. The first kappa shape index (κ1) is 12.1. The molecule has 2 aliphatic heterocycles. The Kier molecular flexibility index (Phi) is 3.70. The Morgan fingerprint density at radius 1 is 1.44 bits per heavy atom. The SMILES string of the molecule is CC(C)(C)C1=CCN(CC2CCCN2)CC1. The Hall–Kier alpha value is -0.340. The second-order valence-corrected chi connectivity index (χ2v) is 6.28. The van der Waals surface area contributed by atoms with E-state index in [9.17, 15) is 0 Å². The van der Waals surface area contributed by atoms with Crippen LogP contribution < -0.4 is 5.32 Å². The van der Waals surface area contributed by atoms with Gasteiger partial charge in [-0.05, 0) is 31.2 Å². The topological polar surface area (TPSA) is 15.3 Å². The molecule has 2 heterocycles. The molecule has 0 aromatic rings. The maximum atomic E-state index is 3.58. The van der Waals surface area contributed by atoms with Crippen LogP contribution >= 0.6 is 0 Å². The van der Waals surface area contributed by atoms with E-state index in [-0.39, 0.29) is 0 Å². The van der Waals surface area contributed by atoms with Crippen molar-refractivity contribution >= 4 is 0 Å². The van der Waals surface area contributed by atoms with Crippen molar-refractivity contribution in [1.29, 1.82) is 0 Å². The molecule has 0 aromatic heterocycles. The fourth-order valence-corrected chi connectivity index (χ4v) is 2.78. The van der Waals surface area contributed by atoms with Crippen LogP contribution in [0.1, 0.15) is 40.0 Å². The smallest absolute Gasteiger partial charge is 0.0195 e. The molecule has 0 spiro atoms.